The smallest absolute Gasteiger partial charge is 0.230 e. The van der Waals surface area contributed by atoms with Gasteiger partial charge in [0.05, 0.1) is 34.8 Å². The number of carbonyl (C=O) groups is 1. The molecule has 5 nitrogen and oxygen atoms in total. The maximum atomic E-state index is 12.2. The van der Waals surface area contributed by atoms with Gasteiger partial charge < -0.3 is 10.1 Å². The lowest BCUT2D eigenvalue weighted by molar-refractivity contribution is -0.118. The summed E-state index contributed by atoms with van der Waals surface area (Å²) in [6.07, 6.45) is 0. The van der Waals surface area contributed by atoms with Crippen LogP contribution in [0.4, 0.5) is 0 Å². The lowest BCUT2D eigenvalue weighted by Crippen LogP contribution is -2.24. The molecule has 0 aliphatic heterocycles. The van der Waals surface area contributed by atoms with Crippen molar-refractivity contribution in [2.75, 3.05) is 12.9 Å². The van der Waals surface area contributed by atoms with Gasteiger partial charge in [0.2, 0.25) is 5.91 Å². The second-order valence-electron chi connectivity index (χ2n) is 6.16. The van der Waals surface area contributed by atoms with Gasteiger partial charge >= 0.3 is 0 Å². The number of methoxy groups -OCH3 is 1. The molecule has 2 aromatic carbocycles. The average molecular weight is 382 g/mol. The quantitative estimate of drug-likeness (QED) is 0.631. The Morgan fingerprint density at radius 1 is 1.11 bits per heavy atom. The number of nitrogens with one attached hydrogen (secondary N) is 1. The van der Waals surface area contributed by atoms with Gasteiger partial charge in [-0.3, -0.25) is 4.79 Å². The minimum Gasteiger partial charge on any atom is -0.497 e. The molecule has 0 aliphatic carbocycles. The van der Waals surface area contributed by atoms with E-state index in [2.05, 4.69) is 10.4 Å². The zero-order valence-electron chi connectivity index (χ0n) is 15.7. The van der Waals surface area contributed by atoms with Gasteiger partial charge in [0.15, 0.2) is 0 Å². The van der Waals surface area contributed by atoms with Gasteiger partial charge in [-0.15, -0.1) is 11.8 Å². The van der Waals surface area contributed by atoms with Gasteiger partial charge in [-0.05, 0) is 43.7 Å². The number of aryl methyl sites for hydroxylation is 1. The molecule has 6 heteroatoms. The molecule has 0 unspecified atom stereocenters. The molecule has 0 bridgehead atoms. The van der Waals surface area contributed by atoms with Crippen molar-refractivity contribution < 1.29 is 9.53 Å². The normalized spacial score (nSPS) is 10.6. The van der Waals surface area contributed by atoms with Crippen LogP contribution >= 0.6 is 11.8 Å². The number of thioether (sulfide) groups is 1. The highest BCUT2D eigenvalue weighted by Gasteiger charge is 2.14. The molecule has 3 aromatic rings. The first-order valence-corrected chi connectivity index (χ1v) is 9.71. The van der Waals surface area contributed by atoms with Crippen LogP contribution in [0.2, 0.25) is 0 Å². The van der Waals surface area contributed by atoms with Gasteiger partial charge in [0.1, 0.15) is 5.75 Å². The zero-order valence-corrected chi connectivity index (χ0v) is 16.5. The molecule has 1 amide bonds. The fourth-order valence-electron chi connectivity index (χ4n) is 2.79. The minimum atomic E-state index is 0.00193. The standard InChI is InChI=1S/C21H23N3O2S/c1-15-21(16(2)24(23-15)18-7-5-4-6-8-18)27-14-20(25)22-13-17-9-11-19(26-3)12-10-17/h4-12H,13-14H2,1-3H3,(H,22,25). The summed E-state index contributed by atoms with van der Waals surface area (Å²) in [4.78, 5) is 13.3. The van der Waals surface area contributed by atoms with Crippen molar-refractivity contribution in [1.29, 1.82) is 0 Å². The van der Waals surface area contributed by atoms with Crippen LogP contribution in [0.5, 0.6) is 5.75 Å². The SMILES string of the molecule is COc1ccc(CNC(=O)CSc2c(C)nn(-c3ccccc3)c2C)cc1. The van der Waals surface area contributed by atoms with E-state index in [1.165, 1.54) is 11.8 Å². The Morgan fingerprint density at radius 2 is 1.81 bits per heavy atom. The second kappa shape index (κ2) is 8.77. The number of aromatic nitrogens is 2. The zero-order chi connectivity index (χ0) is 19.2. The van der Waals surface area contributed by atoms with Crippen molar-refractivity contribution in [1.82, 2.24) is 15.1 Å². The van der Waals surface area contributed by atoms with Crippen LogP contribution in [0.1, 0.15) is 17.0 Å². The number of benzene rings is 2. The predicted octanol–water partition coefficient (Wildman–Crippen LogP) is 3.91. The largest absolute Gasteiger partial charge is 0.497 e. The Hall–Kier alpha value is -2.73. The monoisotopic (exact) mass is 381 g/mol. The molecule has 27 heavy (non-hydrogen) atoms. The summed E-state index contributed by atoms with van der Waals surface area (Å²) in [5, 5.41) is 7.58. The Kier molecular flexibility index (Phi) is 6.19. The van der Waals surface area contributed by atoms with Crippen molar-refractivity contribution in [3.8, 4) is 11.4 Å². The molecule has 1 heterocycles. The first kappa shape index (κ1) is 19.0. The molecule has 0 spiro atoms. The van der Waals surface area contributed by atoms with Crippen LogP contribution in [-0.4, -0.2) is 28.6 Å². The molecule has 0 fully saturated rings. The van der Waals surface area contributed by atoms with E-state index in [1.54, 1.807) is 7.11 Å². The first-order chi connectivity index (χ1) is 13.1. The first-order valence-electron chi connectivity index (χ1n) is 8.72. The maximum absolute atomic E-state index is 12.2. The highest BCUT2D eigenvalue weighted by molar-refractivity contribution is 8.00. The lowest BCUT2D eigenvalue weighted by atomic mass is 10.2. The summed E-state index contributed by atoms with van der Waals surface area (Å²) in [6.45, 7) is 4.51. The van der Waals surface area contributed by atoms with E-state index in [4.69, 9.17) is 4.74 Å². The molecule has 0 atom stereocenters. The number of para-hydroxylation sites is 1. The summed E-state index contributed by atoms with van der Waals surface area (Å²) in [5.41, 5.74) is 4.04. The minimum absolute atomic E-state index is 0.00193. The highest BCUT2D eigenvalue weighted by Crippen LogP contribution is 2.27. The number of carbonyl (C=O) groups excluding carboxylic acids is 1. The Bertz CT molecular complexity index is 905. The van der Waals surface area contributed by atoms with Crippen molar-refractivity contribution in [2.24, 2.45) is 0 Å². The summed E-state index contributed by atoms with van der Waals surface area (Å²) >= 11 is 1.52. The third kappa shape index (κ3) is 4.71. The van der Waals surface area contributed by atoms with E-state index >= 15 is 0 Å². The van der Waals surface area contributed by atoms with Crippen LogP contribution in [0.25, 0.3) is 5.69 Å². The summed E-state index contributed by atoms with van der Waals surface area (Å²) in [7, 11) is 1.64. The molecule has 0 saturated carbocycles. The van der Waals surface area contributed by atoms with Gasteiger partial charge in [-0.25, -0.2) is 4.68 Å². The van der Waals surface area contributed by atoms with Gasteiger partial charge in [-0.2, -0.15) is 5.10 Å². The number of nitrogens with zero attached hydrogens (tertiary/aromatic N) is 2. The summed E-state index contributed by atoms with van der Waals surface area (Å²) in [5.74, 6) is 1.17. The summed E-state index contributed by atoms with van der Waals surface area (Å²) in [6, 6.07) is 17.7. The molecule has 0 saturated heterocycles. The number of rotatable bonds is 7. The van der Waals surface area contributed by atoms with Crippen LogP contribution in [0.15, 0.2) is 59.5 Å². The average Bonchev–Trinajstić information content (AvgIpc) is 2.99. The highest BCUT2D eigenvalue weighted by atomic mass is 32.2. The second-order valence-corrected chi connectivity index (χ2v) is 7.15. The van der Waals surface area contributed by atoms with Crippen LogP contribution in [0, 0.1) is 13.8 Å². The molecular weight excluding hydrogens is 358 g/mol. The molecule has 3 rings (SSSR count). The van der Waals surface area contributed by atoms with E-state index in [0.29, 0.717) is 12.3 Å². The summed E-state index contributed by atoms with van der Waals surface area (Å²) < 4.78 is 7.06. The van der Waals surface area contributed by atoms with E-state index in [-0.39, 0.29) is 5.91 Å². The fourth-order valence-corrected chi connectivity index (χ4v) is 3.71. The molecule has 1 aromatic heterocycles. The Morgan fingerprint density at radius 3 is 2.48 bits per heavy atom. The van der Waals surface area contributed by atoms with Crippen LogP contribution < -0.4 is 10.1 Å². The number of amides is 1. The van der Waals surface area contributed by atoms with Gasteiger partial charge in [-0.1, -0.05) is 30.3 Å². The third-order valence-electron chi connectivity index (χ3n) is 4.22. The van der Waals surface area contributed by atoms with Crippen molar-refractivity contribution in [3.05, 3.63) is 71.5 Å². The van der Waals surface area contributed by atoms with Gasteiger partial charge in [0, 0.05) is 6.54 Å². The Balaban J connectivity index is 1.58. The van der Waals surface area contributed by atoms with E-state index < -0.39 is 0 Å². The maximum Gasteiger partial charge on any atom is 0.230 e. The topological polar surface area (TPSA) is 56.1 Å². The Labute approximate surface area is 163 Å². The van der Waals surface area contributed by atoms with Crippen LogP contribution in [-0.2, 0) is 11.3 Å². The predicted molar refractivity (Wildman–Crippen MR) is 109 cm³/mol. The lowest BCUT2D eigenvalue weighted by Gasteiger charge is -2.07. The molecule has 140 valence electrons. The van der Waals surface area contributed by atoms with E-state index in [9.17, 15) is 4.79 Å². The van der Waals surface area contributed by atoms with Gasteiger partial charge in [0.25, 0.3) is 0 Å². The fraction of sp³-hybridized carbons (Fsp3) is 0.238. The van der Waals surface area contributed by atoms with Crippen molar-refractivity contribution in [3.63, 3.8) is 0 Å². The molecular formula is C21H23N3O2S. The van der Waals surface area contributed by atoms with Crippen molar-refractivity contribution in [2.45, 2.75) is 25.3 Å². The van der Waals surface area contributed by atoms with Crippen LogP contribution in [0.3, 0.4) is 0 Å². The third-order valence-corrected chi connectivity index (χ3v) is 5.51. The molecule has 0 radical (unpaired) electrons. The molecule has 1 N–H and O–H groups in total. The van der Waals surface area contributed by atoms with E-state index in [1.807, 2.05) is 73.1 Å². The molecule has 0 aliphatic rings. The van der Waals surface area contributed by atoms with E-state index in [0.717, 1.165) is 33.3 Å². The number of ether oxygens (including phenoxy) is 1. The van der Waals surface area contributed by atoms with Crippen molar-refractivity contribution >= 4 is 17.7 Å². The number of hydrogen-bond acceptors (Lipinski definition) is 4. The number of hydrogen-bond donors (Lipinski definition) is 1.